The number of benzene rings is 2. The normalized spacial score (nSPS) is 14.1. The quantitative estimate of drug-likeness (QED) is 0.587. The van der Waals surface area contributed by atoms with Crippen LogP contribution in [0.3, 0.4) is 0 Å². The molecule has 4 heteroatoms. The van der Waals surface area contributed by atoms with E-state index in [1.165, 1.54) is 0 Å². The number of nitrogens with zero attached hydrogens (tertiary/aromatic N) is 1. The minimum Gasteiger partial charge on any atom is -0.487 e. The number of carbonyl (C=O) groups excluding carboxylic acids is 1. The lowest BCUT2D eigenvalue weighted by Crippen LogP contribution is -2.27. The lowest BCUT2D eigenvalue weighted by atomic mass is 9.97. The summed E-state index contributed by atoms with van der Waals surface area (Å²) in [6, 6.07) is 18.4. The second-order valence-electron chi connectivity index (χ2n) is 7.26. The molecular weight excluding hydrogens is 350 g/mol. The highest BCUT2D eigenvalue weighted by atomic mass is 16.5. The molecule has 0 spiro atoms. The molecule has 0 N–H and O–H groups in total. The van der Waals surface area contributed by atoms with Gasteiger partial charge in [-0.05, 0) is 62.4 Å². The molecule has 0 atom stereocenters. The summed E-state index contributed by atoms with van der Waals surface area (Å²) in [7, 11) is 0. The number of fused-ring (bicyclic) bond motifs is 1. The molecule has 0 aliphatic carbocycles. The van der Waals surface area contributed by atoms with E-state index in [9.17, 15) is 4.79 Å². The van der Waals surface area contributed by atoms with Crippen LogP contribution in [0.15, 0.2) is 72.9 Å². The summed E-state index contributed by atoms with van der Waals surface area (Å²) in [5, 5.41) is 0. The third kappa shape index (κ3) is 3.96. The fourth-order valence-corrected chi connectivity index (χ4v) is 3.06. The number of ether oxygens (including phenoxy) is 2. The molecule has 3 aromatic rings. The molecule has 4 nitrogen and oxygen atoms in total. The van der Waals surface area contributed by atoms with E-state index in [1.54, 1.807) is 24.4 Å². The Morgan fingerprint density at radius 2 is 1.89 bits per heavy atom. The number of rotatable bonds is 5. The lowest BCUT2D eigenvalue weighted by Gasteiger charge is -2.27. The average molecular weight is 371 g/mol. The van der Waals surface area contributed by atoms with Gasteiger partial charge in [-0.3, -0.25) is 9.78 Å². The second kappa shape index (κ2) is 7.31. The zero-order chi connectivity index (χ0) is 19.6. The summed E-state index contributed by atoms with van der Waals surface area (Å²) in [6.45, 7) is 4.36. The Morgan fingerprint density at radius 3 is 2.71 bits per heavy atom. The van der Waals surface area contributed by atoms with E-state index in [4.69, 9.17) is 9.47 Å². The maximum absolute atomic E-state index is 13.0. The van der Waals surface area contributed by atoms with Crippen LogP contribution < -0.4 is 9.47 Å². The molecule has 0 unspecified atom stereocenters. The zero-order valence-corrected chi connectivity index (χ0v) is 15.9. The van der Waals surface area contributed by atoms with Gasteiger partial charge in [0.05, 0.1) is 5.69 Å². The SMILES string of the molecule is CC1(C)C=Cc2cc(C(=O)c3cccc(OCc4ccccn4)c3)ccc2O1. The van der Waals surface area contributed by atoms with Crippen LogP contribution in [0, 0.1) is 0 Å². The van der Waals surface area contributed by atoms with E-state index in [-0.39, 0.29) is 11.4 Å². The van der Waals surface area contributed by atoms with E-state index >= 15 is 0 Å². The van der Waals surface area contributed by atoms with E-state index in [1.807, 2.05) is 68.5 Å². The van der Waals surface area contributed by atoms with E-state index in [2.05, 4.69) is 4.98 Å². The topological polar surface area (TPSA) is 48.4 Å². The third-order valence-corrected chi connectivity index (χ3v) is 4.52. The van der Waals surface area contributed by atoms with Crippen LogP contribution in [0.2, 0.25) is 0 Å². The van der Waals surface area contributed by atoms with Gasteiger partial charge in [0.2, 0.25) is 0 Å². The number of aromatic nitrogens is 1. The van der Waals surface area contributed by atoms with Crippen molar-refractivity contribution in [2.24, 2.45) is 0 Å². The Kier molecular flexibility index (Phi) is 4.70. The number of carbonyl (C=O) groups is 1. The molecule has 0 amide bonds. The highest BCUT2D eigenvalue weighted by molar-refractivity contribution is 6.09. The van der Waals surface area contributed by atoms with Gasteiger partial charge < -0.3 is 9.47 Å². The van der Waals surface area contributed by atoms with Crippen molar-refractivity contribution < 1.29 is 14.3 Å². The van der Waals surface area contributed by atoms with Crippen LogP contribution in [-0.4, -0.2) is 16.4 Å². The Balaban J connectivity index is 1.52. The molecule has 2 heterocycles. The van der Waals surface area contributed by atoms with Gasteiger partial charge in [0, 0.05) is 22.9 Å². The van der Waals surface area contributed by atoms with Gasteiger partial charge in [-0.1, -0.05) is 24.3 Å². The first-order chi connectivity index (χ1) is 13.5. The lowest BCUT2D eigenvalue weighted by molar-refractivity contribution is 0.103. The minimum absolute atomic E-state index is 0.0516. The summed E-state index contributed by atoms with van der Waals surface area (Å²) in [5.41, 5.74) is 2.61. The predicted molar refractivity (Wildman–Crippen MR) is 109 cm³/mol. The number of ketones is 1. The van der Waals surface area contributed by atoms with Crippen molar-refractivity contribution in [3.8, 4) is 11.5 Å². The molecule has 2 aromatic carbocycles. The Bertz CT molecular complexity index is 1040. The predicted octanol–water partition coefficient (Wildman–Crippen LogP) is 5.08. The first kappa shape index (κ1) is 18.0. The van der Waals surface area contributed by atoms with Crippen molar-refractivity contribution in [3.63, 3.8) is 0 Å². The molecule has 0 saturated heterocycles. The standard InChI is InChI=1S/C24H21NO3/c1-24(2)12-11-17-14-19(9-10-22(17)28-24)23(26)18-6-5-8-21(15-18)27-16-20-7-3-4-13-25-20/h3-15H,16H2,1-2H3. The third-order valence-electron chi connectivity index (χ3n) is 4.52. The molecule has 1 aliphatic heterocycles. The summed E-state index contributed by atoms with van der Waals surface area (Å²) in [4.78, 5) is 17.2. The second-order valence-corrected chi connectivity index (χ2v) is 7.26. The highest BCUT2D eigenvalue weighted by Gasteiger charge is 2.22. The van der Waals surface area contributed by atoms with Gasteiger partial charge in [0.1, 0.15) is 23.7 Å². The van der Waals surface area contributed by atoms with Crippen molar-refractivity contribution in [3.05, 3.63) is 95.3 Å². The molecular formula is C24H21NO3. The zero-order valence-electron chi connectivity index (χ0n) is 15.9. The monoisotopic (exact) mass is 371 g/mol. The number of pyridine rings is 1. The van der Waals surface area contributed by atoms with Crippen LogP contribution in [0.25, 0.3) is 6.08 Å². The van der Waals surface area contributed by atoms with E-state index in [0.717, 1.165) is 17.0 Å². The maximum Gasteiger partial charge on any atom is 0.193 e. The van der Waals surface area contributed by atoms with Crippen LogP contribution in [0.4, 0.5) is 0 Å². The molecule has 0 fully saturated rings. The average Bonchev–Trinajstić information content (AvgIpc) is 2.72. The Hall–Kier alpha value is -3.40. The van der Waals surface area contributed by atoms with Gasteiger partial charge in [-0.15, -0.1) is 0 Å². The molecule has 0 bridgehead atoms. The molecule has 140 valence electrons. The van der Waals surface area contributed by atoms with Crippen molar-refractivity contribution >= 4 is 11.9 Å². The van der Waals surface area contributed by atoms with Crippen molar-refractivity contribution in [2.45, 2.75) is 26.1 Å². The van der Waals surface area contributed by atoms with Crippen molar-refractivity contribution in [1.82, 2.24) is 4.98 Å². The van der Waals surface area contributed by atoms with E-state index < -0.39 is 0 Å². The van der Waals surface area contributed by atoms with Gasteiger partial charge >= 0.3 is 0 Å². The molecule has 4 rings (SSSR count). The first-order valence-corrected chi connectivity index (χ1v) is 9.20. The van der Waals surface area contributed by atoms with Crippen molar-refractivity contribution in [2.75, 3.05) is 0 Å². The number of hydrogen-bond acceptors (Lipinski definition) is 4. The molecule has 28 heavy (non-hydrogen) atoms. The van der Waals surface area contributed by atoms with Crippen LogP contribution in [0.1, 0.15) is 41.0 Å². The summed E-state index contributed by atoms with van der Waals surface area (Å²) >= 11 is 0. The molecule has 1 aliphatic rings. The van der Waals surface area contributed by atoms with Crippen LogP contribution in [0.5, 0.6) is 11.5 Å². The van der Waals surface area contributed by atoms with Crippen LogP contribution >= 0.6 is 0 Å². The van der Waals surface area contributed by atoms with Gasteiger partial charge in [-0.2, -0.15) is 0 Å². The Morgan fingerprint density at radius 1 is 1.04 bits per heavy atom. The van der Waals surface area contributed by atoms with Gasteiger partial charge in [-0.25, -0.2) is 0 Å². The minimum atomic E-state index is -0.336. The molecule has 0 radical (unpaired) electrons. The van der Waals surface area contributed by atoms with Gasteiger partial charge in [0.15, 0.2) is 5.78 Å². The maximum atomic E-state index is 13.0. The van der Waals surface area contributed by atoms with Crippen molar-refractivity contribution in [1.29, 1.82) is 0 Å². The first-order valence-electron chi connectivity index (χ1n) is 9.20. The summed E-state index contributed by atoms with van der Waals surface area (Å²) < 4.78 is 11.7. The van der Waals surface area contributed by atoms with E-state index in [0.29, 0.717) is 23.5 Å². The number of hydrogen-bond donors (Lipinski definition) is 0. The highest BCUT2D eigenvalue weighted by Crippen LogP contribution is 2.32. The smallest absolute Gasteiger partial charge is 0.193 e. The van der Waals surface area contributed by atoms with Crippen LogP contribution in [-0.2, 0) is 6.61 Å². The largest absolute Gasteiger partial charge is 0.487 e. The summed E-state index contributed by atoms with van der Waals surface area (Å²) in [5.74, 6) is 1.38. The molecule has 0 saturated carbocycles. The Labute approximate surface area is 164 Å². The molecule has 1 aromatic heterocycles. The fraction of sp³-hybridized carbons (Fsp3) is 0.167. The summed E-state index contributed by atoms with van der Waals surface area (Å²) in [6.07, 6.45) is 5.73. The fourth-order valence-electron chi connectivity index (χ4n) is 3.06. The van der Waals surface area contributed by atoms with Gasteiger partial charge in [0.25, 0.3) is 0 Å².